The summed E-state index contributed by atoms with van der Waals surface area (Å²) in [7, 11) is 0. The first-order valence-electron chi connectivity index (χ1n) is 10.8. The molecule has 0 aliphatic rings. The Morgan fingerprint density at radius 1 is 1.09 bits per heavy atom. The molecule has 0 spiro atoms. The Bertz CT molecular complexity index is 1350. The van der Waals surface area contributed by atoms with Crippen molar-refractivity contribution in [2.75, 3.05) is 11.9 Å². The number of carbonyl (C=O) groups is 2. The van der Waals surface area contributed by atoms with Gasteiger partial charge in [0.05, 0.1) is 6.61 Å². The molecule has 5 nitrogen and oxygen atoms in total. The van der Waals surface area contributed by atoms with Crippen LogP contribution in [0.15, 0.2) is 47.8 Å². The SMILES string of the molecule is CCOC(=O)c1c(-c2ccc(C)cc2)csc1NC(=O)c1c(C)c2cc(Cl)ccc2n1CC. The number of aryl methyl sites for hydroxylation is 3. The largest absolute Gasteiger partial charge is 0.462 e. The lowest BCUT2D eigenvalue weighted by molar-refractivity contribution is 0.0529. The maximum Gasteiger partial charge on any atom is 0.341 e. The van der Waals surface area contributed by atoms with Crippen molar-refractivity contribution < 1.29 is 14.3 Å². The van der Waals surface area contributed by atoms with Crippen molar-refractivity contribution in [3.05, 3.63) is 75.3 Å². The van der Waals surface area contributed by atoms with Crippen molar-refractivity contribution in [3.8, 4) is 11.1 Å². The third-order valence-electron chi connectivity index (χ3n) is 5.67. The minimum Gasteiger partial charge on any atom is -0.462 e. The number of aromatic nitrogens is 1. The van der Waals surface area contributed by atoms with Gasteiger partial charge in [0.25, 0.3) is 5.91 Å². The molecule has 2 aromatic carbocycles. The molecule has 0 saturated heterocycles. The van der Waals surface area contributed by atoms with Crippen LogP contribution >= 0.6 is 22.9 Å². The van der Waals surface area contributed by atoms with E-state index in [4.69, 9.17) is 16.3 Å². The van der Waals surface area contributed by atoms with Crippen molar-refractivity contribution >= 4 is 50.7 Å². The Labute approximate surface area is 201 Å². The van der Waals surface area contributed by atoms with Crippen LogP contribution in [0.1, 0.15) is 45.8 Å². The Morgan fingerprint density at radius 2 is 1.82 bits per heavy atom. The number of ether oxygens (including phenoxy) is 1. The van der Waals surface area contributed by atoms with Gasteiger partial charge in [-0.05, 0) is 57.0 Å². The van der Waals surface area contributed by atoms with E-state index in [0.29, 0.717) is 27.8 Å². The Balaban J connectivity index is 1.78. The molecule has 0 bridgehead atoms. The van der Waals surface area contributed by atoms with Gasteiger partial charge in [-0.2, -0.15) is 0 Å². The van der Waals surface area contributed by atoms with Crippen LogP contribution in [-0.4, -0.2) is 23.1 Å². The highest BCUT2D eigenvalue weighted by Gasteiger charge is 2.26. The molecule has 2 heterocycles. The molecule has 0 aliphatic heterocycles. The fraction of sp³-hybridized carbons (Fsp3) is 0.231. The number of anilines is 1. The average Bonchev–Trinajstić information content (AvgIpc) is 3.33. The van der Waals surface area contributed by atoms with Crippen molar-refractivity contribution in [2.45, 2.75) is 34.2 Å². The van der Waals surface area contributed by atoms with E-state index < -0.39 is 5.97 Å². The zero-order chi connectivity index (χ0) is 23.7. The van der Waals surface area contributed by atoms with E-state index in [1.54, 1.807) is 6.92 Å². The van der Waals surface area contributed by atoms with Crippen LogP contribution < -0.4 is 5.32 Å². The molecule has 0 fully saturated rings. The highest BCUT2D eigenvalue weighted by molar-refractivity contribution is 7.15. The number of fused-ring (bicyclic) bond motifs is 1. The first kappa shape index (κ1) is 23.1. The van der Waals surface area contributed by atoms with Crippen molar-refractivity contribution in [1.29, 1.82) is 0 Å². The lowest BCUT2D eigenvalue weighted by Gasteiger charge is -2.11. The Morgan fingerprint density at radius 3 is 2.48 bits per heavy atom. The second-order valence-corrected chi connectivity index (χ2v) is 9.09. The summed E-state index contributed by atoms with van der Waals surface area (Å²) in [6.07, 6.45) is 0. The summed E-state index contributed by atoms with van der Waals surface area (Å²) in [5, 5.41) is 6.90. The van der Waals surface area contributed by atoms with E-state index in [1.807, 2.05) is 73.2 Å². The first-order chi connectivity index (χ1) is 15.8. The monoisotopic (exact) mass is 480 g/mol. The molecule has 0 radical (unpaired) electrons. The highest BCUT2D eigenvalue weighted by Crippen LogP contribution is 2.37. The molecule has 0 saturated carbocycles. The summed E-state index contributed by atoms with van der Waals surface area (Å²) in [5.74, 6) is -0.728. The van der Waals surface area contributed by atoms with Gasteiger partial charge in [0, 0.05) is 33.4 Å². The predicted octanol–water partition coefficient (Wildman–Crippen LogP) is 7.09. The van der Waals surface area contributed by atoms with Crippen LogP contribution in [0.4, 0.5) is 5.00 Å². The number of thiophene rings is 1. The minimum atomic E-state index is -0.454. The molecule has 4 aromatic rings. The number of carbonyl (C=O) groups excluding carboxylic acids is 2. The van der Waals surface area contributed by atoms with Crippen LogP contribution in [0.5, 0.6) is 0 Å². The van der Waals surface area contributed by atoms with E-state index in [1.165, 1.54) is 11.3 Å². The summed E-state index contributed by atoms with van der Waals surface area (Å²) in [6.45, 7) is 8.56. The number of hydrogen-bond donors (Lipinski definition) is 1. The molecule has 1 amide bonds. The van der Waals surface area contributed by atoms with Gasteiger partial charge < -0.3 is 14.6 Å². The lowest BCUT2D eigenvalue weighted by atomic mass is 10.0. The number of nitrogens with zero attached hydrogens (tertiary/aromatic N) is 1. The summed E-state index contributed by atoms with van der Waals surface area (Å²) < 4.78 is 7.29. The average molecular weight is 481 g/mol. The van der Waals surface area contributed by atoms with Crippen molar-refractivity contribution in [2.24, 2.45) is 0 Å². The number of esters is 1. The van der Waals surface area contributed by atoms with Gasteiger partial charge in [0.1, 0.15) is 16.3 Å². The maximum absolute atomic E-state index is 13.5. The quantitative estimate of drug-likeness (QED) is 0.300. The summed E-state index contributed by atoms with van der Waals surface area (Å²) >= 11 is 7.52. The molecule has 0 atom stereocenters. The van der Waals surface area contributed by atoms with Crippen LogP contribution in [-0.2, 0) is 11.3 Å². The van der Waals surface area contributed by atoms with Gasteiger partial charge in [0.2, 0.25) is 0 Å². The molecule has 0 unspecified atom stereocenters. The van der Waals surface area contributed by atoms with Gasteiger partial charge >= 0.3 is 5.97 Å². The molecule has 33 heavy (non-hydrogen) atoms. The smallest absolute Gasteiger partial charge is 0.341 e. The molecular weight excluding hydrogens is 456 g/mol. The molecule has 4 rings (SSSR count). The minimum absolute atomic E-state index is 0.249. The second kappa shape index (κ2) is 9.41. The Hall–Kier alpha value is -3.09. The van der Waals surface area contributed by atoms with Gasteiger partial charge in [-0.25, -0.2) is 4.79 Å². The normalized spacial score (nSPS) is 11.1. The van der Waals surface area contributed by atoms with Gasteiger partial charge in [-0.15, -0.1) is 11.3 Å². The fourth-order valence-electron chi connectivity index (χ4n) is 4.08. The number of nitrogens with one attached hydrogen (secondary N) is 1. The van der Waals surface area contributed by atoms with E-state index in [-0.39, 0.29) is 12.5 Å². The van der Waals surface area contributed by atoms with Crippen LogP contribution in [0.3, 0.4) is 0 Å². The summed E-state index contributed by atoms with van der Waals surface area (Å²) in [5.41, 5.74) is 5.49. The van der Waals surface area contributed by atoms with Gasteiger partial charge in [-0.1, -0.05) is 41.4 Å². The highest BCUT2D eigenvalue weighted by atomic mass is 35.5. The standard InChI is InChI=1S/C26H25ClN2O3S/c1-5-29-21-12-11-18(27)13-19(21)16(4)23(29)24(30)28-25-22(26(31)32-6-2)20(14-33-25)17-9-7-15(3)8-10-17/h7-14H,5-6H2,1-4H3,(H,28,30). The van der Waals surface area contributed by atoms with Crippen LogP contribution in [0.2, 0.25) is 5.02 Å². The van der Waals surface area contributed by atoms with Crippen molar-refractivity contribution in [3.63, 3.8) is 0 Å². The number of hydrogen-bond acceptors (Lipinski definition) is 4. The van der Waals surface area contributed by atoms with Crippen molar-refractivity contribution in [1.82, 2.24) is 4.57 Å². The zero-order valence-electron chi connectivity index (χ0n) is 19.0. The fourth-order valence-corrected chi connectivity index (χ4v) is 5.20. The summed E-state index contributed by atoms with van der Waals surface area (Å²) in [6, 6.07) is 13.5. The van der Waals surface area contributed by atoms with E-state index in [9.17, 15) is 9.59 Å². The molecule has 170 valence electrons. The third-order valence-corrected chi connectivity index (χ3v) is 6.80. The number of rotatable bonds is 6. The Kier molecular flexibility index (Phi) is 6.58. The lowest BCUT2D eigenvalue weighted by Crippen LogP contribution is -2.19. The molecule has 7 heteroatoms. The van der Waals surface area contributed by atoms with Gasteiger partial charge in [-0.3, -0.25) is 4.79 Å². The topological polar surface area (TPSA) is 60.3 Å². The maximum atomic E-state index is 13.5. The zero-order valence-corrected chi connectivity index (χ0v) is 20.6. The third kappa shape index (κ3) is 4.28. The van der Waals surface area contributed by atoms with E-state index >= 15 is 0 Å². The van der Waals surface area contributed by atoms with E-state index in [2.05, 4.69) is 5.32 Å². The van der Waals surface area contributed by atoms with E-state index in [0.717, 1.165) is 33.2 Å². The molecule has 2 aromatic heterocycles. The number of halogens is 1. The summed E-state index contributed by atoms with van der Waals surface area (Å²) in [4.78, 5) is 26.4. The predicted molar refractivity (Wildman–Crippen MR) is 136 cm³/mol. The van der Waals surface area contributed by atoms with Gasteiger partial charge in [0.15, 0.2) is 0 Å². The molecule has 0 aliphatic carbocycles. The molecule has 1 N–H and O–H groups in total. The first-order valence-corrected chi connectivity index (χ1v) is 12.1. The molecular formula is C26H25ClN2O3S. The van der Waals surface area contributed by atoms with Crippen LogP contribution in [0, 0.1) is 13.8 Å². The number of benzene rings is 2. The number of amides is 1. The second-order valence-electron chi connectivity index (χ2n) is 7.77. The van der Waals surface area contributed by atoms with Crippen LogP contribution in [0.25, 0.3) is 22.0 Å².